The van der Waals surface area contributed by atoms with Gasteiger partial charge >= 0.3 is 0 Å². The van der Waals surface area contributed by atoms with Crippen LogP contribution in [0.2, 0.25) is 0 Å². The summed E-state index contributed by atoms with van der Waals surface area (Å²) in [6.07, 6.45) is 6.00. The normalized spacial score (nSPS) is 18.9. The zero-order valence-electron chi connectivity index (χ0n) is 19.6. The molecule has 1 heterocycles. The Bertz CT molecular complexity index is 998. The minimum Gasteiger partial charge on any atom is -0.504 e. The number of unbranched alkanes of at least 4 members (excludes halogenated alkanes) is 2. The molecule has 35 heavy (non-hydrogen) atoms. The summed E-state index contributed by atoms with van der Waals surface area (Å²) in [5, 5.41) is 50.6. The molecule has 1 aromatic carbocycles. The van der Waals surface area contributed by atoms with Gasteiger partial charge in [0, 0.05) is 19.0 Å². The van der Waals surface area contributed by atoms with Crippen molar-refractivity contribution in [2.24, 2.45) is 0 Å². The van der Waals surface area contributed by atoms with Gasteiger partial charge in [0.05, 0.1) is 24.4 Å². The number of benzene rings is 1. The first-order valence-electron chi connectivity index (χ1n) is 11.6. The molecule has 0 aliphatic carbocycles. The molecule has 0 bridgehead atoms. The number of carbonyl (C=O) groups excluding carboxylic acids is 1. The van der Waals surface area contributed by atoms with Crippen LogP contribution in [0.5, 0.6) is 11.5 Å². The molecule has 8 nitrogen and oxygen atoms in total. The molecule has 0 aromatic heterocycles. The van der Waals surface area contributed by atoms with Gasteiger partial charge in [-0.3, -0.25) is 4.79 Å². The average Bonchev–Trinajstić information content (AvgIpc) is 3.60. The van der Waals surface area contributed by atoms with Gasteiger partial charge in [-0.05, 0) is 48.5 Å². The highest BCUT2D eigenvalue weighted by atomic mass is 16.6. The molecular formula is C27H33NO7. The zero-order chi connectivity index (χ0) is 25.6. The number of phenolic OH excluding ortho intramolecular Hbond substituents is 2. The maximum atomic E-state index is 11.9. The van der Waals surface area contributed by atoms with Crippen LogP contribution in [0, 0.1) is 23.7 Å². The third-order valence-electron chi connectivity index (χ3n) is 5.43. The molecule has 2 rings (SSSR count). The van der Waals surface area contributed by atoms with Gasteiger partial charge in [-0.25, -0.2) is 0 Å². The molecule has 1 aliphatic rings. The molecule has 0 saturated carbocycles. The first-order valence-corrected chi connectivity index (χ1v) is 11.6. The Balaban J connectivity index is 1.53. The van der Waals surface area contributed by atoms with Crippen molar-refractivity contribution in [2.75, 3.05) is 6.54 Å². The SMILES string of the molecule is C=C[C@H](O)C#CC#CC[C@@H]1O[C@H]1CCCCC[C@H](O)[C@H](O)CNC(=O)C=Cc1ccc(O)c(O)c1. The average molecular weight is 484 g/mol. The molecule has 0 radical (unpaired) electrons. The highest BCUT2D eigenvalue weighted by Crippen LogP contribution is 2.30. The van der Waals surface area contributed by atoms with E-state index in [2.05, 4.69) is 35.6 Å². The highest BCUT2D eigenvalue weighted by molar-refractivity contribution is 5.91. The smallest absolute Gasteiger partial charge is 0.244 e. The minimum atomic E-state index is -1.07. The molecule has 5 atom stereocenters. The third kappa shape index (κ3) is 11.1. The van der Waals surface area contributed by atoms with E-state index < -0.39 is 24.2 Å². The molecule has 0 unspecified atom stereocenters. The van der Waals surface area contributed by atoms with Crippen molar-refractivity contribution >= 4 is 12.0 Å². The number of aromatic hydroxyl groups is 2. The van der Waals surface area contributed by atoms with Crippen molar-refractivity contribution in [3.8, 4) is 35.2 Å². The van der Waals surface area contributed by atoms with Crippen LogP contribution in [0.4, 0.5) is 0 Å². The molecule has 188 valence electrons. The highest BCUT2D eigenvalue weighted by Gasteiger charge is 2.36. The molecule has 1 fully saturated rings. The second kappa shape index (κ2) is 14.9. The van der Waals surface area contributed by atoms with Crippen molar-refractivity contribution in [2.45, 2.75) is 69.0 Å². The van der Waals surface area contributed by atoms with Crippen LogP contribution < -0.4 is 5.32 Å². The summed E-state index contributed by atoms with van der Waals surface area (Å²) in [5.74, 6) is 9.71. The number of epoxide rings is 1. The van der Waals surface area contributed by atoms with E-state index >= 15 is 0 Å². The molecule has 8 heteroatoms. The summed E-state index contributed by atoms with van der Waals surface area (Å²) in [6.45, 7) is 3.34. The van der Waals surface area contributed by atoms with Crippen molar-refractivity contribution in [1.82, 2.24) is 5.32 Å². The Morgan fingerprint density at radius 1 is 1.09 bits per heavy atom. The van der Waals surface area contributed by atoms with Crippen LogP contribution in [0.3, 0.4) is 0 Å². The van der Waals surface area contributed by atoms with Gasteiger partial charge in [-0.2, -0.15) is 0 Å². The van der Waals surface area contributed by atoms with Gasteiger partial charge in [0.25, 0.3) is 0 Å². The number of aliphatic hydroxyl groups is 3. The Hall–Kier alpha value is -3.27. The fourth-order valence-electron chi connectivity index (χ4n) is 3.26. The standard InChI is InChI=1S/C27H33NO7/c1-2-20(29)9-5-3-7-11-25-26(35-25)12-8-4-6-10-21(30)24(33)18-28-27(34)16-14-19-13-15-22(31)23(32)17-19/h2,13-17,20-21,24-26,29-33H,1,4,6,8,10-12,18H2,(H,28,34)/t20-,21-,24+,25-,26-/m0/s1. The lowest BCUT2D eigenvalue weighted by Crippen LogP contribution is -2.38. The summed E-state index contributed by atoms with van der Waals surface area (Å²) >= 11 is 0. The molecule has 6 N–H and O–H groups in total. The Morgan fingerprint density at radius 2 is 1.89 bits per heavy atom. The van der Waals surface area contributed by atoms with Gasteiger partial charge in [-0.1, -0.05) is 49.8 Å². The Kier molecular flexibility index (Phi) is 11.9. The number of aliphatic hydroxyl groups excluding tert-OH is 3. The number of amides is 1. The van der Waals surface area contributed by atoms with E-state index in [0.717, 1.165) is 25.7 Å². The minimum absolute atomic E-state index is 0.0826. The summed E-state index contributed by atoms with van der Waals surface area (Å²) < 4.78 is 5.57. The van der Waals surface area contributed by atoms with E-state index in [9.17, 15) is 30.3 Å². The van der Waals surface area contributed by atoms with Gasteiger partial charge in [0.2, 0.25) is 5.91 Å². The lowest BCUT2D eigenvalue weighted by atomic mass is 10.0. The van der Waals surface area contributed by atoms with Crippen LogP contribution in [0.25, 0.3) is 6.08 Å². The molecule has 0 spiro atoms. The third-order valence-corrected chi connectivity index (χ3v) is 5.43. The lowest BCUT2D eigenvalue weighted by Gasteiger charge is -2.17. The first kappa shape index (κ1) is 28.0. The van der Waals surface area contributed by atoms with Crippen molar-refractivity contribution in [3.05, 3.63) is 42.5 Å². The monoisotopic (exact) mass is 483 g/mol. The van der Waals surface area contributed by atoms with Crippen LogP contribution in [0.1, 0.15) is 44.1 Å². The van der Waals surface area contributed by atoms with Gasteiger partial charge in [0.1, 0.15) is 6.10 Å². The van der Waals surface area contributed by atoms with E-state index in [0.29, 0.717) is 18.4 Å². The second-order valence-electron chi connectivity index (χ2n) is 8.27. The molecule has 1 amide bonds. The first-order chi connectivity index (χ1) is 16.8. The summed E-state index contributed by atoms with van der Waals surface area (Å²) in [4.78, 5) is 11.9. The van der Waals surface area contributed by atoms with E-state index in [1.54, 1.807) is 0 Å². The maximum Gasteiger partial charge on any atom is 0.244 e. The summed E-state index contributed by atoms with van der Waals surface area (Å²) in [7, 11) is 0. The number of carbonyl (C=O) groups is 1. The predicted molar refractivity (Wildman–Crippen MR) is 132 cm³/mol. The summed E-state index contributed by atoms with van der Waals surface area (Å²) in [5.41, 5.74) is 0.529. The van der Waals surface area contributed by atoms with Crippen LogP contribution in [0.15, 0.2) is 36.9 Å². The topological polar surface area (TPSA) is 143 Å². The van der Waals surface area contributed by atoms with Crippen molar-refractivity contribution in [3.63, 3.8) is 0 Å². The number of ether oxygens (including phenoxy) is 1. The van der Waals surface area contributed by atoms with Crippen LogP contribution in [-0.4, -0.2) is 68.5 Å². The van der Waals surface area contributed by atoms with Crippen LogP contribution >= 0.6 is 0 Å². The molecule has 1 saturated heterocycles. The van der Waals surface area contributed by atoms with Crippen molar-refractivity contribution < 1.29 is 35.1 Å². The zero-order valence-corrected chi connectivity index (χ0v) is 19.6. The number of nitrogens with one attached hydrogen (secondary N) is 1. The fourth-order valence-corrected chi connectivity index (χ4v) is 3.26. The van der Waals surface area contributed by atoms with Gasteiger partial charge in [-0.15, -0.1) is 0 Å². The number of phenols is 2. The maximum absolute atomic E-state index is 11.9. The van der Waals surface area contributed by atoms with E-state index in [4.69, 9.17) is 4.74 Å². The van der Waals surface area contributed by atoms with E-state index in [1.165, 1.54) is 36.4 Å². The largest absolute Gasteiger partial charge is 0.504 e. The lowest BCUT2D eigenvalue weighted by molar-refractivity contribution is -0.117. The van der Waals surface area contributed by atoms with Crippen LogP contribution in [-0.2, 0) is 9.53 Å². The Labute approximate surface area is 206 Å². The van der Waals surface area contributed by atoms with Gasteiger partial charge in [0.15, 0.2) is 11.5 Å². The second-order valence-corrected chi connectivity index (χ2v) is 8.27. The number of rotatable bonds is 13. The van der Waals surface area contributed by atoms with Gasteiger partial charge < -0.3 is 35.6 Å². The predicted octanol–water partition coefficient (Wildman–Crippen LogP) is 1.61. The van der Waals surface area contributed by atoms with E-state index in [-0.39, 0.29) is 30.3 Å². The molecular weight excluding hydrogens is 450 g/mol. The quantitative estimate of drug-likeness (QED) is 0.0625. The molecule has 1 aliphatic heterocycles. The Morgan fingerprint density at radius 3 is 2.63 bits per heavy atom. The van der Waals surface area contributed by atoms with E-state index in [1.807, 2.05) is 0 Å². The fraction of sp³-hybridized carbons (Fsp3) is 0.444. The molecule has 1 aromatic rings. The summed E-state index contributed by atoms with van der Waals surface area (Å²) in [6, 6.07) is 4.17. The number of hydrogen-bond donors (Lipinski definition) is 6. The van der Waals surface area contributed by atoms with Crippen molar-refractivity contribution in [1.29, 1.82) is 0 Å². The number of hydrogen-bond acceptors (Lipinski definition) is 7.